The second kappa shape index (κ2) is 8.74. The van der Waals surface area contributed by atoms with Crippen molar-refractivity contribution in [1.82, 2.24) is 0 Å². The van der Waals surface area contributed by atoms with Crippen LogP contribution in [-0.4, -0.2) is 12.7 Å². The molecular weight excluding hydrogens is 523 g/mol. The molecule has 6 aromatic carbocycles. The first-order chi connectivity index (χ1) is 21.3. The highest BCUT2D eigenvalue weighted by Gasteiger charge is 2.62. The van der Waals surface area contributed by atoms with Crippen LogP contribution in [0.2, 0.25) is 0 Å². The topological polar surface area (TPSA) is 29.5 Å². The molecule has 207 valence electrons. The van der Waals surface area contributed by atoms with E-state index in [1.54, 1.807) is 11.1 Å². The fraction of sp³-hybridized carbons (Fsp3) is 0.250. The van der Waals surface area contributed by atoms with Crippen molar-refractivity contribution in [2.24, 2.45) is 23.7 Å². The predicted molar refractivity (Wildman–Crippen MR) is 176 cm³/mol. The van der Waals surface area contributed by atoms with Crippen molar-refractivity contribution in [3.05, 3.63) is 114 Å². The summed E-state index contributed by atoms with van der Waals surface area (Å²) in [5.41, 5.74) is 8.71. The minimum atomic E-state index is 0.0788. The first kappa shape index (κ1) is 24.4. The monoisotopic (exact) mass is 555 g/mol. The maximum atomic E-state index is 9.74. The summed E-state index contributed by atoms with van der Waals surface area (Å²) in [5.74, 6) is 3.92. The highest BCUT2D eigenvalue weighted by molar-refractivity contribution is 6.23. The van der Waals surface area contributed by atoms with Gasteiger partial charge in [0.1, 0.15) is 5.75 Å². The van der Waals surface area contributed by atoms with Crippen LogP contribution in [-0.2, 0) is 5.41 Å². The van der Waals surface area contributed by atoms with E-state index in [4.69, 9.17) is 4.65 Å². The summed E-state index contributed by atoms with van der Waals surface area (Å²) in [7, 11) is 0.811. The van der Waals surface area contributed by atoms with E-state index in [0.717, 1.165) is 41.1 Å². The van der Waals surface area contributed by atoms with Crippen LogP contribution in [0.25, 0.3) is 54.6 Å². The van der Waals surface area contributed by atoms with Gasteiger partial charge in [0.15, 0.2) is 0 Å². The molecule has 0 amide bonds. The van der Waals surface area contributed by atoms with Gasteiger partial charge in [0.05, 0.1) is 0 Å². The molecule has 5 aliphatic rings. The lowest BCUT2D eigenvalue weighted by atomic mass is 9.43. The van der Waals surface area contributed by atoms with Gasteiger partial charge in [0.25, 0.3) is 0 Å². The Balaban J connectivity index is 1.36. The molecule has 11 rings (SSSR count). The normalized spacial score (nSPS) is 26.3. The summed E-state index contributed by atoms with van der Waals surface area (Å²) >= 11 is 0. The van der Waals surface area contributed by atoms with Gasteiger partial charge in [-0.1, -0.05) is 103 Å². The van der Waals surface area contributed by atoms with Crippen LogP contribution in [0.5, 0.6) is 5.75 Å². The Morgan fingerprint density at radius 3 is 1.81 bits per heavy atom. The van der Waals surface area contributed by atoms with Crippen molar-refractivity contribution >= 4 is 40.0 Å². The molecule has 6 aromatic rings. The maximum Gasteiger partial charge on any atom is 0.569 e. The Labute approximate surface area is 252 Å². The minimum absolute atomic E-state index is 0.0788. The van der Waals surface area contributed by atoms with Gasteiger partial charge in [-0.15, -0.1) is 0 Å². The minimum Gasteiger partial charge on any atom is -0.537 e. The standard InChI is InChI=1S/C40H32BO2/c42-41-43-39-31-12-5-3-10-29(31)36(30-11-4-6-13-32(30)39)33-14-7-15-35-37(33)34-17-16-25-8-1-2-9-28(25)38(34)40(35)26-19-23-18-24(21-26)22-27(40)20-23/h1-17,23-24,26-27,42H,18-22H2. The quantitative estimate of drug-likeness (QED) is 0.174. The van der Waals surface area contributed by atoms with Crippen LogP contribution in [0.3, 0.4) is 0 Å². The molecule has 4 fully saturated rings. The summed E-state index contributed by atoms with van der Waals surface area (Å²) in [6.07, 6.45) is 6.93. The zero-order chi connectivity index (χ0) is 28.3. The Hall–Kier alpha value is -4.08. The van der Waals surface area contributed by atoms with Gasteiger partial charge in [-0.25, -0.2) is 0 Å². The van der Waals surface area contributed by atoms with Crippen LogP contribution in [0.4, 0.5) is 0 Å². The molecule has 43 heavy (non-hydrogen) atoms. The summed E-state index contributed by atoms with van der Waals surface area (Å²) in [4.78, 5) is 0. The number of fused-ring (bicyclic) bond motifs is 7. The van der Waals surface area contributed by atoms with Crippen molar-refractivity contribution in [2.45, 2.75) is 37.5 Å². The van der Waals surface area contributed by atoms with Crippen molar-refractivity contribution < 1.29 is 9.68 Å². The molecule has 0 atom stereocenters. The van der Waals surface area contributed by atoms with E-state index in [-0.39, 0.29) is 5.41 Å². The van der Waals surface area contributed by atoms with Crippen molar-refractivity contribution in [1.29, 1.82) is 0 Å². The second-order valence-corrected chi connectivity index (χ2v) is 13.6. The van der Waals surface area contributed by atoms with Crippen molar-refractivity contribution in [3.8, 4) is 28.0 Å². The molecule has 1 radical (unpaired) electrons. The van der Waals surface area contributed by atoms with E-state index in [1.807, 2.05) is 0 Å². The molecule has 2 nitrogen and oxygen atoms in total. The lowest BCUT2D eigenvalue weighted by molar-refractivity contribution is -0.0393. The van der Waals surface area contributed by atoms with Crippen LogP contribution >= 0.6 is 0 Å². The maximum absolute atomic E-state index is 9.74. The Kier molecular flexibility index (Phi) is 4.95. The Bertz CT molecular complexity index is 2040. The molecule has 0 aromatic heterocycles. The summed E-state index contributed by atoms with van der Waals surface area (Å²) < 4.78 is 5.81. The van der Waals surface area contributed by atoms with Gasteiger partial charge in [-0.05, 0) is 111 Å². The number of hydrogen-bond donors (Lipinski definition) is 1. The van der Waals surface area contributed by atoms with E-state index >= 15 is 0 Å². The smallest absolute Gasteiger partial charge is 0.537 e. The Morgan fingerprint density at radius 1 is 0.558 bits per heavy atom. The molecular formula is C40H32BO2. The van der Waals surface area contributed by atoms with E-state index in [9.17, 15) is 5.02 Å². The third-order valence-corrected chi connectivity index (χ3v) is 11.9. The molecule has 4 bridgehead atoms. The zero-order valence-electron chi connectivity index (χ0n) is 24.1. The van der Waals surface area contributed by atoms with Gasteiger partial charge in [0, 0.05) is 16.2 Å². The van der Waals surface area contributed by atoms with E-state index in [1.165, 1.54) is 65.1 Å². The van der Waals surface area contributed by atoms with E-state index < -0.39 is 0 Å². The van der Waals surface area contributed by atoms with E-state index in [0.29, 0.717) is 17.6 Å². The molecule has 5 aliphatic carbocycles. The molecule has 0 saturated heterocycles. The highest BCUT2D eigenvalue weighted by Crippen LogP contribution is 2.71. The summed E-state index contributed by atoms with van der Waals surface area (Å²) in [6, 6.07) is 38.2. The molecule has 0 unspecified atom stereocenters. The van der Waals surface area contributed by atoms with Gasteiger partial charge >= 0.3 is 7.69 Å². The molecule has 3 heteroatoms. The fourth-order valence-electron chi connectivity index (χ4n) is 10.8. The number of rotatable bonds is 3. The largest absolute Gasteiger partial charge is 0.569 e. The lowest BCUT2D eigenvalue weighted by Gasteiger charge is -2.61. The third kappa shape index (κ3) is 3.04. The first-order valence-electron chi connectivity index (χ1n) is 16.0. The fourth-order valence-corrected chi connectivity index (χ4v) is 10.8. The van der Waals surface area contributed by atoms with Crippen LogP contribution in [0.15, 0.2) is 103 Å². The average molecular weight is 556 g/mol. The SMILES string of the molecule is O[B]Oc1c2ccccc2c(-c2cccc3c2-c2ccc4ccccc4c2C32C3CC4CC(C3)CC2C4)c2ccccc12. The number of hydrogen-bond acceptors (Lipinski definition) is 2. The Morgan fingerprint density at radius 2 is 1.16 bits per heavy atom. The molecule has 0 heterocycles. The van der Waals surface area contributed by atoms with Gasteiger partial charge in [0.2, 0.25) is 0 Å². The van der Waals surface area contributed by atoms with Crippen LogP contribution < -0.4 is 4.65 Å². The van der Waals surface area contributed by atoms with Gasteiger partial charge in [-0.3, -0.25) is 0 Å². The highest BCUT2D eigenvalue weighted by atomic mass is 16.5. The van der Waals surface area contributed by atoms with E-state index in [2.05, 4.69) is 103 Å². The summed E-state index contributed by atoms with van der Waals surface area (Å²) in [5, 5.41) is 16.9. The summed E-state index contributed by atoms with van der Waals surface area (Å²) in [6.45, 7) is 0. The van der Waals surface area contributed by atoms with Crippen molar-refractivity contribution in [3.63, 3.8) is 0 Å². The second-order valence-electron chi connectivity index (χ2n) is 13.6. The first-order valence-corrected chi connectivity index (χ1v) is 16.0. The average Bonchev–Trinajstić information content (AvgIpc) is 3.35. The van der Waals surface area contributed by atoms with Gasteiger partial charge in [-0.2, -0.15) is 0 Å². The molecule has 1 spiro atoms. The predicted octanol–water partition coefficient (Wildman–Crippen LogP) is 9.44. The lowest BCUT2D eigenvalue weighted by Crippen LogP contribution is -2.55. The van der Waals surface area contributed by atoms with Crippen LogP contribution in [0.1, 0.15) is 43.2 Å². The molecule has 0 aliphatic heterocycles. The zero-order valence-corrected chi connectivity index (χ0v) is 24.1. The molecule has 4 saturated carbocycles. The molecule has 1 N–H and O–H groups in total. The van der Waals surface area contributed by atoms with Crippen LogP contribution in [0, 0.1) is 23.7 Å². The van der Waals surface area contributed by atoms with Gasteiger partial charge < -0.3 is 9.68 Å². The van der Waals surface area contributed by atoms with Crippen molar-refractivity contribution in [2.75, 3.05) is 0 Å². The third-order valence-electron chi connectivity index (χ3n) is 11.9. The number of benzene rings is 6.